The van der Waals surface area contributed by atoms with Crippen LogP contribution < -0.4 is 11.1 Å². The van der Waals surface area contributed by atoms with Crippen LogP contribution in [0.3, 0.4) is 0 Å². The van der Waals surface area contributed by atoms with E-state index >= 15 is 0 Å². The second-order valence-corrected chi connectivity index (χ2v) is 22.7. The zero-order chi connectivity index (χ0) is 52.6. The highest BCUT2D eigenvalue weighted by atomic mass is 32.7. The lowest BCUT2D eigenvalue weighted by molar-refractivity contribution is -0.137. The number of amides is 4. The van der Waals surface area contributed by atoms with Gasteiger partial charge in [-0.25, -0.2) is 39.3 Å². The molecular formula is C41H56N12O17P2S2. The van der Waals surface area contributed by atoms with E-state index in [1.165, 1.54) is 42.4 Å². The summed E-state index contributed by atoms with van der Waals surface area (Å²) in [6.07, 6.45) is 1.59. The number of carbonyl (C=O) groups is 4. The maximum absolute atomic E-state index is 13.9. The third-order valence-electron chi connectivity index (χ3n) is 12.1. The standard InChI is InChI=1S/C41H56N12O17P2S2/c1-24-33-26(67-39(24)52-22-47-31-35(42)43-20-45-37(31)52)18-65-72(59,74)70-34-25(2)40(68-27(34)19-66-71(58,73)69-33)53-23-48-32-36(44-21-46-38(32)53)49-41(57)64-11-7-50(3)28(54)6-9-60-12-14-62-16-17-63-15-13-61-10-8-51-29(55)4-5-30(51)56/h4-5,20-27,33-34,39-40H,6-19H2,1-3H3,(H,58,73)(H,59,74)(H2,42,43,45)(H,44,46,49,57)/t24-,25-,26-,27-,33+,34+,39-,40-,71?,72?/m1/s1. The van der Waals surface area contributed by atoms with Gasteiger partial charge in [-0.2, -0.15) is 0 Å². The molecule has 4 aromatic heterocycles. The van der Waals surface area contributed by atoms with Crippen molar-refractivity contribution >= 4 is 95.3 Å². The third-order valence-corrected chi connectivity index (χ3v) is 15.3. The topological polar surface area (TPSA) is 339 Å². The van der Waals surface area contributed by atoms with E-state index in [1.54, 1.807) is 30.0 Å². The van der Waals surface area contributed by atoms with Crippen LogP contribution in [0.5, 0.6) is 0 Å². The molecule has 4 aromatic rings. The number of nitrogen functional groups attached to an aromatic ring is 1. The first-order valence-electron chi connectivity index (χ1n) is 23.3. The first-order chi connectivity index (χ1) is 35.5. The molecule has 0 radical (unpaired) electrons. The summed E-state index contributed by atoms with van der Waals surface area (Å²) in [6, 6.07) is 0. The van der Waals surface area contributed by atoms with Gasteiger partial charge in [0, 0.05) is 31.0 Å². The maximum Gasteiger partial charge on any atom is 0.412 e. The van der Waals surface area contributed by atoms with Crippen molar-refractivity contribution in [3.05, 3.63) is 37.5 Å². The van der Waals surface area contributed by atoms with Gasteiger partial charge in [-0.05, 0) is 11.8 Å². The molecule has 4 aliphatic rings. The SMILES string of the molecule is C[C@@H]1[C@@H]2OP(O)(=S)OC[C@H]3O[C@@H](n4cnc5c(NC(=O)OCCN(C)C(=O)CCOCCOCCOCCOCCN6C(=O)C=CC6=O)ncnc54)[C@H](C)[C@@H]3OP(=O)(S)OC[C@H]2O[C@H]1n1cnc2c(N)ncnc21. The smallest absolute Gasteiger partial charge is 0.412 e. The third kappa shape index (κ3) is 13.6. The zero-order valence-corrected chi connectivity index (χ0v) is 43.8. The van der Waals surface area contributed by atoms with E-state index in [0.29, 0.717) is 44.2 Å². The van der Waals surface area contributed by atoms with Gasteiger partial charge < -0.3 is 57.7 Å². The van der Waals surface area contributed by atoms with Crippen molar-refractivity contribution in [2.45, 2.75) is 57.1 Å². The van der Waals surface area contributed by atoms with E-state index in [4.69, 9.17) is 68.8 Å². The first-order valence-corrected chi connectivity index (χ1v) is 28.5. The fourth-order valence-corrected chi connectivity index (χ4v) is 11.4. The van der Waals surface area contributed by atoms with Crippen LogP contribution in [-0.2, 0) is 82.0 Å². The van der Waals surface area contributed by atoms with E-state index < -0.39 is 68.3 Å². The van der Waals surface area contributed by atoms with Crippen molar-refractivity contribution < 1.29 is 79.9 Å². The number of nitrogens with one attached hydrogen (secondary N) is 1. The van der Waals surface area contributed by atoms with Gasteiger partial charge in [0.1, 0.15) is 61.6 Å². The Hall–Kier alpha value is -4.69. The molecule has 0 saturated carbocycles. The Balaban J connectivity index is 0.756. The molecule has 74 heavy (non-hydrogen) atoms. The van der Waals surface area contributed by atoms with E-state index in [9.17, 15) is 28.6 Å². The lowest BCUT2D eigenvalue weighted by Gasteiger charge is -2.30. The van der Waals surface area contributed by atoms with Crippen LogP contribution in [0.1, 0.15) is 32.7 Å². The number of fused-ring (bicyclic) bond motifs is 4. The van der Waals surface area contributed by atoms with Gasteiger partial charge in [0.2, 0.25) is 5.91 Å². The quantitative estimate of drug-likeness (QED) is 0.0400. The molecule has 8 rings (SSSR count). The average Bonchev–Trinajstić information content (AvgIpc) is 4.19. The molecule has 0 spiro atoms. The van der Waals surface area contributed by atoms with E-state index in [-0.39, 0.29) is 99.7 Å². The number of ether oxygens (including phenoxy) is 7. The molecule has 4 N–H and O–H groups in total. The Morgan fingerprint density at radius 3 is 1.97 bits per heavy atom. The minimum atomic E-state index is -4.16. The van der Waals surface area contributed by atoms with Crippen molar-refractivity contribution in [2.24, 2.45) is 11.8 Å². The number of hydrogen-bond acceptors (Lipinski definition) is 24. The van der Waals surface area contributed by atoms with Gasteiger partial charge in [0.15, 0.2) is 28.4 Å². The number of nitrogens with two attached hydrogens (primary N) is 1. The molecule has 29 nitrogen and oxygen atoms in total. The number of aromatic nitrogens is 8. The van der Waals surface area contributed by atoms with Crippen molar-refractivity contribution in [3.8, 4) is 0 Å². The molecule has 4 amide bonds. The minimum absolute atomic E-state index is 0.0234. The number of nitrogens with zero attached hydrogens (tertiary/aromatic N) is 10. The normalized spacial score (nSPS) is 28.3. The molecule has 404 valence electrons. The van der Waals surface area contributed by atoms with Crippen molar-refractivity contribution in [3.63, 3.8) is 0 Å². The minimum Gasteiger partial charge on any atom is -0.447 e. The number of imidazole rings is 2. The van der Waals surface area contributed by atoms with Crippen LogP contribution in [0.2, 0.25) is 0 Å². The molecule has 10 atom stereocenters. The summed E-state index contributed by atoms with van der Waals surface area (Å²) in [5, 5.41) is 2.56. The van der Waals surface area contributed by atoms with E-state index in [2.05, 4.69) is 47.5 Å². The van der Waals surface area contributed by atoms with E-state index in [0.717, 1.165) is 4.90 Å². The first kappa shape index (κ1) is 55.5. The number of carbonyl (C=O) groups excluding carboxylic acids is 4. The van der Waals surface area contributed by atoms with Gasteiger partial charge in [-0.3, -0.25) is 42.8 Å². The Kier molecular flexibility index (Phi) is 18.7. The van der Waals surface area contributed by atoms with Crippen LogP contribution in [0, 0.1) is 11.8 Å². The van der Waals surface area contributed by atoms with Gasteiger partial charge >= 0.3 is 19.6 Å². The fourth-order valence-electron chi connectivity index (χ4n) is 8.34. The summed E-state index contributed by atoms with van der Waals surface area (Å²) in [4.78, 5) is 88.1. The molecule has 0 aromatic carbocycles. The highest BCUT2D eigenvalue weighted by Gasteiger charge is 2.51. The molecular weight excluding hydrogens is 1060 g/mol. The van der Waals surface area contributed by atoms with Gasteiger partial charge in [-0.1, -0.05) is 26.1 Å². The summed E-state index contributed by atoms with van der Waals surface area (Å²) >= 11 is 9.79. The second kappa shape index (κ2) is 25.0. The largest absolute Gasteiger partial charge is 0.447 e. The van der Waals surface area contributed by atoms with Gasteiger partial charge in [0.05, 0.1) is 98.2 Å². The molecule has 3 saturated heterocycles. The van der Waals surface area contributed by atoms with Gasteiger partial charge in [-0.15, -0.1) is 0 Å². The van der Waals surface area contributed by atoms with E-state index in [1.807, 2.05) is 0 Å². The molecule has 33 heteroatoms. The molecule has 3 fully saturated rings. The lowest BCUT2D eigenvalue weighted by Crippen LogP contribution is -2.35. The number of rotatable bonds is 21. The van der Waals surface area contributed by atoms with Crippen molar-refractivity contribution in [2.75, 3.05) is 104 Å². The van der Waals surface area contributed by atoms with Crippen molar-refractivity contribution in [1.29, 1.82) is 0 Å². The molecule has 2 unspecified atom stereocenters. The molecule has 4 aliphatic heterocycles. The molecule has 0 bridgehead atoms. The molecule has 0 aliphatic carbocycles. The predicted molar refractivity (Wildman–Crippen MR) is 262 cm³/mol. The van der Waals surface area contributed by atoms with Gasteiger partial charge in [0.25, 0.3) is 11.8 Å². The summed E-state index contributed by atoms with van der Waals surface area (Å²) < 4.78 is 80.8. The maximum atomic E-state index is 13.9. The highest BCUT2D eigenvalue weighted by molar-refractivity contribution is 8.44. The summed E-state index contributed by atoms with van der Waals surface area (Å²) in [7, 11) is 1.57. The Labute approximate surface area is 432 Å². The Morgan fingerprint density at radius 2 is 1.34 bits per heavy atom. The van der Waals surface area contributed by atoms with Crippen LogP contribution in [0.15, 0.2) is 37.5 Å². The van der Waals surface area contributed by atoms with Crippen LogP contribution >= 0.6 is 25.8 Å². The lowest BCUT2D eigenvalue weighted by atomic mass is 10.0. The van der Waals surface area contributed by atoms with Crippen LogP contribution in [0.4, 0.5) is 16.4 Å². The van der Waals surface area contributed by atoms with Crippen LogP contribution in [-0.4, -0.2) is 195 Å². The summed E-state index contributed by atoms with van der Waals surface area (Å²) in [6.45, 7) is -2.93. The average molecular weight is 1120 g/mol. The number of anilines is 2. The summed E-state index contributed by atoms with van der Waals surface area (Å²) in [5.74, 6) is -1.84. The molecule has 8 heterocycles. The van der Waals surface area contributed by atoms with Crippen LogP contribution in [0.25, 0.3) is 22.3 Å². The number of thiol groups is 1. The zero-order valence-electron chi connectivity index (χ0n) is 40.3. The Morgan fingerprint density at radius 1 is 0.797 bits per heavy atom. The summed E-state index contributed by atoms with van der Waals surface area (Å²) in [5.41, 5.74) is 7.19. The van der Waals surface area contributed by atoms with Crippen molar-refractivity contribution in [1.82, 2.24) is 48.8 Å². The Bertz CT molecular complexity index is 2760. The number of likely N-dealkylation sites (N-methyl/N-ethyl adjacent to an activating group) is 1. The fraction of sp³-hybridized carbons (Fsp3) is 0.610. The monoisotopic (exact) mass is 1110 g/mol. The second-order valence-electron chi connectivity index (χ2n) is 17.1. The predicted octanol–water partition coefficient (Wildman–Crippen LogP) is 1.78. The highest BCUT2D eigenvalue weighted by Crippen LogP contribution is 2.59. The number of hydrogen-bond donors (Lipinski definition) is 4. The number of imide groups is 1.